The second-order valence-electron chi connectivity index (χ2n) is 4.33. The zero-order chi connectivity index (χ0) is 17.1. The molecule has 0 aliphatic heterocycles. The summed E-state index contributed by atoms with van der Waals surface area (Å²) in [6.45, 7) is 4.03. The Morgan fingerprint density at radius 3 is 1.27 bits per heavy atom. The summed E-state index contributed by atoms with van der Waals surface area (Å²) in [4.78, 5) is 16.5. The molecule has 0 fully saturated rings. The van der Waals surface area contributed by atoms with E-state index in [0.717, 1.165) is 22.5 Å². The monoisotopic (exact) mass is 296 g/mol. The van der Waals surface area contributed by atoms with Gasteiger partial charge in [0.1, 0.15) is 0 Å². The van der Waals surface area contributed by atoms with Gasteiger partial charge in [-0.15, -0.1) is 0 Å². The van der Waals surface area contributed by atoms with Gasteiger partial charge in [-0.1, -0.05) is 12.1 Å². The number of isocyanates is 2. The van der Waals surface area contributed by atoms with Crippen LogP contribution in [0.15, 0.2) is 36.4 Å². The number of nitrogen functional groups attached to an aromatic ring is 2. The zero-order valence-corrected chi connectivity index (χ0v) is 12.3. The molecule has 0 aliphatic rings. The van der Waals surface area contributed by atoms with E-state index in [2.05, 4.69) is 12.1 Å². The number of aryl methyl sites for hydroxylation is 2. The first-order valence-corrected chi connectivity index (χ1v) is 6.16. The Morgan fingerprint density at radius 2 is 1.05 bits per heavy atom. The molecule has 6 nitrogen and oxygen atoms in total. The SMILES string of the molecule is Cc1cc(-c2ccc(N)c(C)c2)ccc1N.[N-]=C=O.[N-]=C=O. The van der Waals surface area contributed by atoms with Gasteiger partial charge in [0.15, 0.2) is 0 Å². The summed E-state index contributed by atoms with van der Waals surface area (Å²) < 4.78 is 0. The van der Waals surface area contributed by atoms with Gasteiger partial charge in [0.2, 0.25) is 0 Å². The summed E-state index contributed by atoms with van der Waals surface area (Å²) in [5.74, 6) is 0. The van der Waals surface area contributed by atoms with Gasteiger partial charge in [0, 0.05) is 11.4 Å². The van der Waals surface area contributed by atoms with Gasteiger partial charge in [-0.3, -0.25) is 9.59 Å². The van der Waals surface area contributed by atoms with E-state index in [0.29, 0.717) is 12.2 Å². The molecule has 0 aliphatic carbocycles. The summed E-state index contributed by atoms with van der Waals surface area (Å²) >= 11 is 0. The Hall–Kier alpha value is -3.20. The number of hydrogen-bond acceptors (Lipinski definition) is 4. The van der Waals surface area contributed by atoms with Crippen molar-refractivity contribution in [1.29, 1.82) is 0 Å². The van der Waals surface area contributed by atoms with E-state index in [1.54, 1.807) is 0 Å². The highest BCUT2D eigenvalue weighted by molar-refractivity contribution is 5.70. The number of nitrogens with zero attached hydrogens (tertiary/aromatic N) is 2. The topological polar surface area (TPSA) is 131 Å². The Morgan fingerprint density at radius 1 is 0.773 bits per heavy atom. The molecule has 22 heavy (non-hydrogen) atoms. The van der Waals surface area contributed by atoms with Crippen LogP contribution in [-0.2, 0) is 9.59 Å². The summed E-state index contributed by atoms with van der Waals surface area (Å²) in [7, 11) is 0. The van der Waals surface area contributed by atoms with Crippen LogP contribution in [0.3, 0.4) is 0 Å². The van der Waals surface area contributed by atoms with Gasteiger partial charge >= 0.3 is 0 Å². The Balaban J connectivity index is 0.000000639. The van der Waals surface area contributed by atoms with E-state index >= 15 is 0 Å². The second-order valence-corrected chi connectivity index (χ2v) is 4.33. The highest BCUT2D eigenvalue weighted by Crippen LogP contribution is 2.25. The smallest absolute Gasteiger partial charge is 0.0344 e. The molecule has 0 saturated carbocycles. The molecule has 6 heteroatoms. The van der Waals surface area contributed by atoms with Crippen LogP contribution in [-0.4, -0.2) is 12.2 Å². The lowest BCUT2D eigenvalue weighted by molar-refractivity contribution is 0.568. The highest BCUT2D eigenvalue weighted by Gasteiger charge is 2.01. The minimum Gasteiger partial charge on any atom is -0.724 e. The minimum absolute atomic E-state index is 0.500. The van der Waals surface area contributed by atoms with Crippen LogP contribution in [0, 0.1) is 13.8 Å². The first-order valence-electron chi connectivity index (χ1n) is 6.16. The molecule has 0 saturated heterocycles. The lowest BCUT2D eigenvalue weighted by Gasteiger charge is -2.07. The number of benzene rings is 2. The van der Waals surface area contributed by atoms with Crippen molar-refractivity contribution in [3.8, 4) is 11.1 Å². The third-order valence-electron chi connectivity index (χ3n) is 2.87. The maximum Gasteiger partial charge on any atom is 0.0344 e. The Labute approximate surface area is 128 Å². The van der Waals surface area contributed by atoms with E-state index in [9.17, 15) is 0 Å². The van der Waals surface area contributed by atoms with Crippen LogP contribution in [0.4, 0.5) is 11.4 Å². The van der Waals surface area contributed by atoms with Crippen LogP contribution in [0.25, 0.3) is 21.9 Å². The molecule has 2 aromatic carbocycles. The normalized spacial score (nSPS) is 8.27. The molecule has 0 bridgehead atoms. The van der Waals surface area contributed by atoms with E-state index in [1.165, 1.54) is 11.1 Å². The molecule has 0 atom stereocenters. The first-order chi connectivity index (χ1) is 10.4. The van der Waals surface area contributed by atoms with Crippen molar-refractivity contribution in [3.05, 3.63) is 58.3 Å². The number of anilines is 2. The van der Waals surface area contributed by atoms with Crippen LogP contribution in [0.1, 0.15) is 11.1 Å². The van der Waals surface area contributed by atoms with Crippen molar-refractivity contribution in [2.24, 2.45) is 0 Å². The molecule has 0 radical (unpaired) electrons. The van der Waals surface area contributed by atoms with Crippen LogP contribution < -0.4 is 11.5 Å². The second kappa shape index (κ2) is 9.66. The van der Waals surface area contributed by atoms with Crippen molar-refractivity contribution in [3.63, 3.8) is 0 Å². The average molecular weight is 296 g/mol. The van der Waals surface area contributed by atoms with E-state index < -0.39 is 0 Å². The maximum atomic E-state index is 8.24. The minimum atomic E-state index is 0.500. The fraction of sp³-hybridized carbons (Fsp3) is 0.125. The molecule has 114 valence electrons. The zero-order valence-electron chi connectivity index (χ0n) is 12.3. The lowest BCUT2D eigenvalue weighted by atomic mass is 10.0. The molecule has 2 rings (SSSR count). The van der Waals surface area contributed by atoms with Crippen molar-refractivity contribution < 1.29 is 9.59 Å². The van der Waals surface area contributed by atoms with Gasteiger partial charge in [-0.05, 0) is 72.5 Å². The number of nitrogens with two attached hydrogens (primary N) is 2. The fourth-order valence-electron chi connectivity index (χ4n) is 1.71. The van der Waals surface area contributed by atoms with E-state index in [-0.39, 0.29) is 0 Å². The average Bonchev–Trinajstić information content (AvgIpc) is 2.47. The Kier molecular flexibility index (Phi) is 8.26. The maximum absolute atomic E-state index is 8.24. The molecule has 2 aromatic rings. The summed E-state index contributed by atoms with van der Waals surface area (Å²) in [6, 6.07) is 12.1. The largest absolute Gasteiger partial charge is 0.724 e. The van der Waals surface area contributed by atoms with Crippen LogP contribution >= 0.6 is 0 Å². The standard InChI is InChI=1S/C14H16N2.2CNO/c1-9-7-11(3-5-13(9)15)12-4-6-14(16)10(2)8-12;2*2-1-3/h3-8H,15-16H2,1-2H3;;/q;2*-1. The third kappa shape index (κ3) is 5.84. The first kappa shape index (κ1) is 18.8. The molecule has 4 N–H and O–H groups in total. The van der Waals surface area contributed by atoms with Gasteiger partial charge < -0.3 is 22.3 Å². The molecular formula is C16H16N4O2-2. The van der Waals surface area contributed by atoms with Gasteiger partial charge in [0.25, 0.3) is 0 Å². The number of hydrogen-bond donors (Lipinski definition) is 2. The number of carbonyl (C=O) groups excluding carboxylic acids is 2. The summed E-state index contributed by atoms with van der Waals surface area (Å²) in [5, 5.41) is 13.5. The van der Waals surface area contributed by atoms with Crippen molar-refractivity contribution >= 4 is 23.5 Å². The van der Waals surface area contributed by atoms with E-state index in [1.807, 2.05) is 38.1 Å². The highest BCUT2D eigenvalue weighted by atomic mass is 16.1. The van der Waals surface area contributed by atoms with Gasteiger partial charge in [-0.2, -0.15) is 0 Å². The third-order valence-corrected chi connectivity index (χ3v) is 2.87. The van der Waals surface area contributed by atoms with Gasteiger partial charge in [0.05, 0.1) is 0 Å². The fourth-order valence-corrected chi connectivity index (χ4v) is 1.71. The molecule has 0 unspecified atom stereocenters. The van der Waals surface area contributed by atoms with Crippen LogP contribution in [0.2, 0.25) is 0 Å². The van der Waals surface area contributed by atoms with Crippen molar-refractivity contribution in [2.45, 2.75) is 13.8 Å². The number of rotatable bonds is 1. The predicted molar refractivity (Wildman–Crippen MR) is 88.3 cm³/mol. The van der Waals surface area contributed by atoms with Gasteiger partial charge in [-0.25, -0.2) is 0 Å². The van der Waals surface area contributed by atoms with E-state index in [4.69, 9.17) is 31.9 Å². The molecule has 0 heterocycles. The molecular weight excluding hydrogens is 280 g/mol. The summed E-state index contributed by atoms with van der Waals surface area (Å²) in [6.07, 6.45) is 1.00. The molecule has 0 spiro atoms. The lowest BCUT2D eigenvalue weighted by Crippen LogP contribution is -1.91. The Bertz CT molecular complexity index is 638. The van der Waals surface area contributed by atoms with Crippen LogP contribution in [0.5, 0.6) is 0 Å². The quantitative estimate of drug-likeness (QED) is 0.475. The molecule has 0 aromatic heterocycles. The summed E-state index contributed by atoms with van der Waals surface area (Å²) in [5.41, 5.74) is 17.8. The molecule has 0 amide bonds. The van der Waals surface area contributed by atoms with Crippen molar-refractivity contribution in [2.75, 3.05) is 11.5 Å². The van der Waals surface area contributed by atoms with Crippen molar-refractivity contribution in [1.82, 2.24) is 0 Å². The predicted octanol–water partition coefficient (Wildman–Crippen LogP) is 2.92.